The van der Waals surface area contributed by atoms with Gasteiger partial charge in [0.05, 0.1) is 21.3 Å². The van der Waals surface area contributed by atoms with Crippen LogP contribution in [0.15, 0.2) is 60.7 Å². The number of hydrogen-bond acceptors (Lipinski definition) is 3. The van der Waals surface area contributed by atoms with Crippen molar-refractivity contribution in [2.45, 2.75) is 6.92 Å². The van der Waals surface area contributed by atoms with Gasteiger partial charge in [-0.15, -0.1) is 0 Å². The summed E-state index contributed by atoms with van der Waals surface area (Å²) in [5, 5.41) is 0. The van der Waals surface area contributed by atoms with Gasteiger partial charge in [-0.2, -0.15) is 0 Å². The maximum atomic E-state index is 5.38. The molecule has 0 aliphatic rings. The van der Waals surface area contributed by atoms with Crippen LogP contribution in [0, 0.1) is 6.92 Å². The second kappa shape index (κ2) is 8.78. The summed E-state index contributed by atoms with van der Waals surface area (Å²) in [5.41, 5.74) is 4.11. The number of allylic oxidation sites excluding steroid dienone is 3. The number of rotatable bonds is 7. The van der Waals surface area contributed by atoms with E-state index < -0.39 is 0 Å². The molecule has 0 saturated carbocycles. The molecule has 2 aromatic carbocycles. The number of ether oxygens (including phenoxy) is 3. The van der Waals surface area contributed by atoms with Gasteiger partial charge in [-0.3, -0.25) is 0 Å². The van der Waals surface area contributed by atoms with Crippen molar-refractivity contribution in [3.05, 3.63) is 77.4 Å². The van der Waals surface area contributed by atoms with Crippen molar-refractivity contribution in [3.8, 4) is 17.2 Å². The Labute approximate surface area is 149 Å². The van der Waals surface area contributed by atoms with Crippen molar-refractivity contribution in [2.75, 3.05) is 21.3 Å². The zero-order valence-corrected chi connectivity index (χ0v) is 15.2. The second-order valence-corrected chi connectivity index (χ2v) is 5.57. The Hall–Kier alpha value is -2.94. The van der Waals surface area contributed by atoms with E-state index in [0.29, 0.717) is 0 Å². The van der Waals surface area contributed by atoms with E-state index in [2.05, 4.69) is 13.5 Å². The molecule has 0 radical (unpaired) electrons. The zero-order chi connectivity index (χ0) is 18.2. The van der Waals surface area contributed by atoms with Crippen molar-refractivity contribution in [3.63, 3.8) is 0 Å². The smallest absolute Gasteiger partial charge is 0.126 e. The predicted octanol–water partition coefficient (Wildman–Crippen LogP) is 5.30. The fourth-order valence-electron chi connectivity index (χ4n) is 2.34. The van der Waals surface area contributed by atoms with Gasteiger partial charge in [0, 0.05) is 5.56 Å². The lowest BCUT2D eigenvalue weighted by molar-refractivity contribution is 0.402. The third-order valence-corrected chi connectivity index (χ3v) is 3.88. The van der Waals surface area contributed by atoms with Crippen LogP contribution in [0.1, 0.15) is 16.7 Å². The molecule has 2 aromatic rings. The summed E-state index contributed by atoms with van der Waals surface area (Å²) in [6.45, 7) is 6.15. The lowest BCUT2D eigenvalue weighted by atomic mass is 10.1. The Morgan fingerprint density at radius 1 is 0.800 bits per heavy atom. The molecule has 3 heteroatoms. The summed E-state index contributed by atoms with van der Waals surface area (Å²) < 4.78 is 15.9. The van der Waals surface area contributed by atoms with E-state index in [1.807, 2.05) is 60.7 Å². The zero-order valence-electron chi connectivity index (χ0n) is 15.2. The van der Waals surface area contributed by atoms with E-state index in [1.54, 1.807) is 21.3 Å². The third kappa shape index (κ3) is 5.01. The highest BCUT2D eigenvalue weighted by atomic mass is 16.5. The molecule has 130 valence electrons. The molecule has 0 spiro atoms. The van der Waals surface area contributed by atoms with Crippen molar-refractivity contribution in [1.29, 1.82) is 0 Å². The molecule has 0 heterocycles. The molecular formula is C22H24O3. The summed E-state index contributed by atoms with van der Waals surface area (Å²) in [6.07, 6.45) is 7.92. The molecule has 0 unspecified atom stereocenters. The minimum absolute atomic E-state index is 0.786. The molecule has 25 heavy (non-hydrogen) atoms. The Morgan fingerprint density at radius 3 is 1.96 bits per heavy atom. The summed E-state index contributed by atoms with van der Waals surface area (Å²) in [7, 11) is 4.97. The molecule has 0 N–H and O–H groups in total. The summed E-state index contributed by atoms with van der Waals surface area (Å²) >= 11 is 0. The predicted molar refractivity (Wildman–Crippen MR) is 104 cm³/mol. The van der Waals surface area contributed by atoms with Crippen molar-refractivity contribution in [1.82, 2.24) is 0 Å². The minimum Gasteiger partial charge on any atom is -0.497 e. The topological polar surface area (TPSA) is 27.7 Å². The normalized spacial score (nSPS) is 11.0. The van der Waals surface area contributed by atoms with E-state index >= 15 is 0 Å². The minimum atomic E-state index is 0.786. The quantitative estimate of drug-likeness (QED) is 0.642. The highest BCUT2D eigenvalue weighted by Gasteiger charge is 2.02. The first kappa shape index (κ1) is 18.4. The van der Waals surface area contributed by atoms with E-state index in [0.717, 1.165) is 33.9 Å². The number of benzene rings is 2. The fourth-order valence-corrected chi connectivity index (χ4v) is 2.34. The standard InChI is InChI=1S/C22H24O3/c1-16(6-9-18-14-20(23-3)11-8-17(18)2)7-10-19-15-21(24-4)12-13-22(19)25-5/h6-15H,1H2,2-5H3/b9-6+,10-7+. The average Bonchev–Trinajstić information content (AvgIpc) is 2.65. The first-order valence-corrected chi connectivity index (χ1v) is 7.99. The molecule has 0 atom stereocenters. The van der Waals surface area contributed by atoms with E-state index in [1.165, 1.54) is 5.56 Å². The largest absolute Gasteiger partial charge is 0.497 e. The van der Waals surface area contributed by atoms with Crippen LogP contribution in [0.5, 0.6) is 17.2 Å². The van der Waals surface area contributed by atoms with Crippen LogP contribution in [0.3, 0.4) is 0 Å². The Bertz CT molecular complexity index is 801. The van der Waals surface area contributed by atoms with Gasteiger partial charge in [0.25, 0.3) is 0 Å². The van der Waals surface area contributed by atoms with Crippen LogP contribution in [0.25, 0.3) is 12.2 Å². The van der Waals surface area contributed by atoms with Crippen molar-refractivity contribution < 1.29 is 14.2 Å². The van der Waals surface area contributed by atoms with Crippen LogP contribution in [-0.4, -0.2) is 21.3 Å². The number of hydrogen-bond donors (Lipinski definition) is 0. The average molecular weight is 336 g/mol. The molecule has 0 aromatic heterocycles. The van der Waals surface area contributed by atoms with Gasteiger partial charge in [-0.25, -0.2) is 0 Å². The van der Waals surface area contributed by atoms with E-state index in [9.17, 15) is 0 Å². The van der Waals surface area contributed by atoms with Crippen LogP contribution < -0.4 is 14.2 Å². The molecule has 0 amide bonds. The third-order valence-electron chi connectivity index (χ3n) is 3.88. The first-order chi connectivity index (χ1) is 12.1. The maximum absolute atomic E-state index is 5.38. The molecule has 0 saturated heterocycles. The molecule has 3 nitrogen and oxygen atoms in total. The summed E-state index contributed by atoms with van der Waals surface area (Å²) in [6, 6.07) is 11.7. The van der Waals surface area contributed by atoms with Gasteiger partial charge in [0.15, 0.2) is 0 Å². The molecule has 0 bridgehead atoms. The van der Waals surface area contributed by atoms with Crippen LogP contribution in [0.2, 0.25) is 0 Å². The van der Waals surface area contributed by atoms with Gasteiger partial charge in [0.2, 0.25) is 0 Å². The SMILES string of the molecule is C=C(/C=C/c1cc(OC)ccc1C)/C=C/c1cc(OC)ccc1OC. The van der Waals surface area contributed by atoms with Crippen LogP contribution >= 0.6 is 0 Å². The molecule has 2 rings (SSSR count). The maximum Gasteiger partial charge on any atom is 0.126 e. The molecule has 0 fully saturated rings. The van der Waals surface area contributed by atoms with Crippen molar-refractivity contribution in [2.24, 2.45) is 0 Å². The fraction of sp³-hybridized carbons (Fsp3) is 0.182. The van der Waals surface area contributed by atoms with Gasteiger partial charge < -0.3 is 14.2 Å². The Morgan fingerprint density at radius 2 is 1.36 bits per heavy atom. The Kier molecular flexibility index (Phi) is 6.47. The molecule has 0 aliphatic carbocycles. The summed E-state index contributed by atoms with van der Waals surface area (Å²) in [5.74, 6) is 2.42. The highest BCUT2D eigenvalue weighted by molar-refractivity contribution is 5.65. The van der Waals surface area contributed by atoms with Gasteiger partial charge >= 0.3 is 0 Å². The first-order valence-electron chi connectivity index (χ1n) is 7.99. The number of methoxy groups -OCH3 is 3. The lowest BCUT2D eigenvalue weighted by Gasteiger charge is -2.07. The number of aryl methyl sites for hydroxylation is 1. The van der Waals surface area contributed by atoms with Gasteiger partial charge in [-0.1, -0.05) is 36.9 Å². The van der Waals surface area contributed by atoms with E-state index in [-0.39, 0.29) is 0 Å². The monoisotopic (exact) mass is 336 g/mol. The van der Waals surface area contributed by atoms with Crippen molar-refractivity contribution >= 4 is 12.2 Å². The highest BCUT2D eigenvalue weighted by Crippen LogP contribution is 2.25. The van der Waals surface area contributed by atoms with Gasteiger partial charge in [0.1, 0.15) is 17.2 Å². The summed E-state index contributed by atoms with van der Waals surface area (Å²) in [4.78, 5) is 0. The molecule has 0 aliphatic heterocycles. The second-order valence-electron chi connectivity index (χ2n) is 5.57. The van der Waals surface area contributed by atoms with Gasteiger partial charge in [-0.05, 0) is 54.0 Å². The van der Waals surface area contributed by atoms with Crippen LogP contribution in [0.4, 0.5) is 0 Å². The Balaban J connectivity index is 2.16. The van der Waals surface area contributed by atoms with Crippen LogP contribution in [-0.2, 0) is 0 Å². The lowest BCUT2D eigenvalue weighted by Crippen LogP contribution is -1.89. The van der Waals surface area contributed by atoms with E-state index in [4.69, 9.17) is 14.2 Å². The molecular weight excluding hydrogens is 312 g/mol.